The van der Waals surface area contributed by atoms with Crippen molar-refractivity contribution in [3.63, 3.8) is 0 Å². The van der Waals surface area contributed by atoms with Gasteiger partial charge in [0.15, 0.2) is 0 Å². The Bertz CT molecular complexity index is 756. The van der Waals surface area contributed by atoms with Gasteiger partial charge in [-0.25, -0.2) is 0 Å². The molecule has 0 unspecified atom stereocenters. The van der Waals surface area contributed by atoms with Crippen molar-refractivity contribution in [1.29, 1.82) is 0 Å². The van der Waals surface area contributed by atoms with E-state index in [1.54, 1.807) is 23.5 Å². The molecule has 1 aliphatic rings. The van der Waals surface area contributed by atoms with Crippen LogP contribution in [0, 0.1) is 0 Å². The van der Waals surface area contributed by atoms with Crippen LogP contribution in [0.2, 0.25) is 0 Å². The zero-order chi connectivity index (χ0) is 15.9. The van der Waals surface area contributed by atoms with Crippen molar-refractivity contribution in [2.75, 3.05) is 14.2 Å². The van der Waals surface area contributed by atoms with E-state index in [1.165, 1.54) is 19.1 Å². The normalized spacial score (nSPS) is 16.1. The largest absolute Gasteiger partial charge is 0.341 e. The highest BCUT2D eigenvalue weighted by Gasteiger charge is 2.54. The molecule has 114 valence electrons. The highest BCUT2D eigenvalue weighted by molar-refractivity contribution is 7.15. The number of ether oxygens (including phenoxy) is 2. The zero-order valence-electron chi connectivity index (χ0n) is 12.6. The SMILES string of the molecule is CCc1ccc(-c2ccc3c(c2)C(=O)C(OC)(OC)C3=O)s1. The third-order valence-corrected chi connectivity index (χ3v) is 5.25. The minimum Gasteiger partial charge on any atom is -0.341 e. The first-order chi connectivity index (χ1) is 10.6. The van der Waals surface area contributed by atoms with Crippen LogP contribution in [0.4, 0.5) is 0 Å². The summed E-state index contributed by atoms with van der Waals surface area (Å²) in [6, 6.07) is 9.40. The molecule has 0 atom stereocenters. The molecule has 0 spiro atoms. The van der Waals surface area contributed by atoms with Crippen LogP contribution in [0.15, 0.2) is 30.3 Å². The summed E-state index contributed by atoms with van der Waals surface area (Å²) >= 11 is 1.69. The quantitative estimate of drug-likeness (QED) is 0.641. The van der Waals surface area contributed by atoms with Crippen LogP contribution in [0.5, 0.6) is 0 Å². The Kier molecular flexibility index (Phi) is 3.72. The van der Waals surface area contributed by atoms with Crippen LogP contribution in [0.3, 0.4) is 0 Å². The number of Topliss-reactive ketones (excluding diaryl/α,β-unsaturated/α-hetero) is 2. The molecule has 4 nitrogen and oxygen atoms in total. The number of thiophene rings is 1. The molecule has 0 radical (unpaired) electrons. The smallest absolute Gasteiger partial charge is 0.299 e. The molecule has 0 fully saturated rings. The highest BCUT2D eigenvalue weighted by atomic mass is 32.1. The number of hydrogen-bond donors (Lipinski definition) is 0. The van der Waals surface area contributed by atoms with E-state index in [0.29, 0.717) is 11.1 Å². The van der Waals surface area contributed by atoms with Gasteiger partial charge in [-0.15, -0.1) is 11.3 Å². The number of aryl methyl sites for hydroxylation is 1. The second-order valence-corrected chi connectivity index (χ2v) is 6.23. The highest BCUT2D eigenvalue weighted by Crippen LogP contribution is 2.37. The van der Waals surface area contributed by atoms with E-state index in [1.807, 2.05) is 12.1 Å². The van der Waals surface area contributed by atoms with Gasteiger partial charge in [-0.3, -0.25) is 9.59 Å². The summed E-state index contributed by atoms with van der Waals surface area (Å²) in [5, 5.41) is 0. The van der Waals surface area contributed by atoms with Crippen molar-refractivity contribution in [1.82, 2.24) is 0 Å². The lowest BCUT2D eigenvalue weighted by Gasteiger charge is -2.21. The molecule has 0 saturated heterocycles. The van der Waals surface area contributed by atoms with Gasteiger partial charge in [0.1, 0.15) is 0 Å². The summed E-state index contributed by atoms with van der Waals surface area (Å²) in [6.07, 6.45) is 0.976. The van der Waals surface area contributed by atoms with Crippen LogP contribution in [0.25, 0.3) is 10.4 Å². The molecular weight excluding hydrogens is 300 g/mol. The van der Waals surface area contributed by atoms with E-state index >= 15 is 0 Å². The Morgan fingerprint density at radius 2 is 1.68 bits per heavy atom. The van der Waals surface area contributed by atoms with Crippen molar-refractivity contribution in [3.05, 3.63) is 46.3 Å². The van der Waals surface area contributed by atoms with Gasteiger partial charge in [0.2, 0.25) is 11.6 Å². The van der Waals surface area contributed by atoms with Crippen LogP contribution < -0.4 is 0 Å². The Morgan fingerprint density at radius 3 is 2.27 bits per heavy atom. The summed E-state index contributed by atoms with van der Waals surface area (Å²) in [5.74, 6) is -2.71. The van der Waals surface area contributed by atoms with E-state index in [2.05, 4.69) is 13.0 Å². The molecule has 1 aromatic carbocycles. The molecular formula is C17H16O4S. The van der Waals surface area contributed by atoms with Gasteiger partial charge in [-0.05, 0) is 36.2 Å². The van der Waals surface area contributed by atoms with Crippen molar-refractivity contribution in [2.45, 2.75) is 19.1 Å². The van der Waals surface area contributed by atoms with Crippen molar-refractivity contribution in [3.8, 4) is 10.4 Å². The number of ketones is 2. The van der Waals surface area contributed by atoms with Crippen molar-refractivity contribution < 1.29 is 19.1 Å². The third kappa shape index (κ3) is 1.97. The molecule has 2 aromatic rings. The van der Waals surface area contributed by atoms with Crippen LogP contribution in [-0.2, 0) is 15.9 Å². The predicted octanol–water partition coefficient (Wildman–Crippen LogP) is 3.35. The van der Waals surface area contributed by atoms with Crippen molar-refractivity contribution >= 4 is 22.9 Å². The number of carbonyl (C=O) groups is 2. The topological polar surface area (TPSA) is 52.6 Å². The first-order valence-electron chi connectivity index (χ1n) is 7.00. The number of fused-ring (bicyclic) bond motifs is 1. The fourth-order valence-corrected chi connectivity index (χ4v) is 3.66. The molecule has 1 heterocycles. The number of carbonyl (C=O) groups excluding carboxylic acids is 2. The first-order valence-corrected chi connectivity index (χ1v) is 7.82. The third-order valence-electron chi connectivity index (χ3n) is 3.98. The molecule has 1 aromatic heterocycles. The standard InChI is InChI=1S/C17H16O4S/c1-4-11-6-8-14(22-11)10-5-7-12-13(9-10)16(19)17(20-2,21-3)15(12)18/h5-9H,4H2,1-3H3. The average Bonchev–Trinajstić information content (AvgIpc) is 3.11. The van der Waals surface area contributed by atoms with Gasteiger partial charge in [0.05, 0.1) is 0 Å². The second-order valence-electron chi connectivity index (χ2n) is 5.06. The maximum absolute atomic E-state index is 12.6. The molecule has 0 saturated carbocycles. The van der Waals surface area contributed by atoms with Gasteiger partial charge in [-0.2, -0.15) is 0 Å². The lowest BCUT2D eigenvalue weighted by atomic mass is 10.0. The summed E-state index contributed by atoms with van der Waals surface area (Å²) in [7, 11) is 2.61. The maximum atomic E-state index is 12.6. The molecule has 0 N–H and O–H groups in total. The second kappa shape index (κ2) is 5.43. The summed E-state index contributed by atoms with van der Waals surface area (Å²) in [6.45, 7) is 2.10. The fourth-order valence-electron chi connectivity index (χ4n) is 2.72. The van der Waals surface area contributed by atoms with Crippen LogP contribution in [0.1, 0.15) is 32.5 Å². The number of hydrogen-bond acceptors (Lipinski definition) is 5. The Labute approximate surface area is 132 Å². The first kappa shape index (κ1) is 15.1. The molecule has 0 amide bonds. The molecule has 0 bridgehead atoms. The van der Waals surface area contributed by atoms with Crippen LogP contribution >= 0.6 is 11.3 Å². The summed E-state index contributed by atoms with van der Waals surface area (Å²) in [5.41, 5.74) is 1.63. The van der Waals surface area contributed by atoms with Gasteiger partial charge >= 0.3 is 0 Å². The molecule has 3 rings (SSSR count). The van der Waals surface area contributed by atoms with E-state index < -0.39 is 17.4 Å². The predicted molar refractivity (Wildman–Crippen MR) is 84.5 cm³/mol. The van der Waals surface area contributed by atoms with E-state index in [-0.39, 0.29) is 0 Å². The maximum Gasteiger partial charge on any atom is 0.299 e. The Balaban J connectivity index is 2.09. The van der Waals surface area contributed by atoms with Crippen molar-refractivity contribution in [2.24, 2.45) is 0 Å². The van der Waals surface area contributed by atoms with Gasteiger partial charge in [0.25, 0.3) is 5.79 Å². The minimum absolute atomic E-state index is 0.352. The van der Waals surface area contributed by atoms with E-state index in [0.717, 1.165) is 16.9 Å². The fraction of sp³-hybridized carbons (Fsp3) is 0.294. The Morgan fingerprint density at radius 1 is 1.00 bits per heavy atom. The lowest BCUT2D eigenvalue weighted by Crippen LogP contribution is -2.45. The number of methoxy groups -OCH3 is 2. The minimum atomic E-state index is -1.83. The van der Waals surface area contributed by atoms with Crippen LogP contribution in [-0.4, -0.2) is 31.6 Å². The molecule has 0 aliphatic heterocycles. The van der Waals surface area contributed by atoms with E-state index in [4.69, 9.17) is 9.47 Å². The van der Waals surface area contributed by atoms with Gasteiger partial charge < -0.3 is 9.47 Å². The zero-order valence-corrected chi connectivity index (χ0v) is 13.5. The van der Waals surface area contributed by atoms with Gasteiger partial charge in [-0.1, -0.05) is 13.0 Å². The molecule has 1 aliphatic carbocycles. The number of benzene rings is 1. The lowest BCUT2D eigenvalue weighted by molar-refractivity contribution is -0.133. The monoisotopic (exact) mass is 316 g/mol. The van der Waals surface area contributed by atoms with Gasteiger partial charge in [0, 0.05) is 35.1 Å². The average molecular weight is 316 g/mol. The molecule has 22 heavy (non-hydrogen) atoms. The van der Waals surface area contributed by atoms with E-state index in [9.17, 15) is 9.59 Å². The molecule has 5 heteroatoms. The number of rotatable bonds is 4. The summed E-state index contributed by atoms with van der Waals surface area (Å²) in [4.78, 5) is 27.3. The summed E-state index contributed by atoms with van der Waals surface area (Å²) < 4.78 is 10.2. The Hall–Kier alpha value is -1.82.